The summed E-state index contributed by atoms with van der Waals surface area (Å²) in [6, 6.07) is 5.39. The number of hydrogen-bond acceptors (Lipinski definition) is 10. The van der Waals surface area contributed by atoms with Crippen molar-refractivity contribution in [2.24, 2.45) is 0 Å². The molecule has 0 radical (unpaired) electrons. The first-order valence-corrected chi connectivity index (χ1v) is 8.60. The van der Waals surface area contributed by atoms with Crippen LogP contribution in [0.25, 0.3) is 0 Å². The number of phenolic OH excluding ortho intramolecular Hbond substituents is 4. The molecule has 0 aliphatic rings. The molecule has 0 saturated carbocycles. The van der Waals surface area contributed by atoms with Crippen LogP contribution >= 0.6 is 0 Å². The average molecular weight is 434 g/mol. The molecule has 0 aliphatic carbocycles. The Balaban J connectivity index is 0.000000443. The van der Waals surface area contributed by atoms with E-state index in [0.717, 1.165) is 24.3 Å². The fourth-order valence-electron chi connectivity index (χ4n) is 1.41. The Labute approximate surface area is 153 Å². The van der Waals surface area contributed by atoms with Gasteiger partial charge < -0.3 is 29.5 Å². The summed E-state index contributed by atoms with van der Waals surface area (Å²) >= 11 is 0. The number of benzene rings is 2. The maximum absolute atomic E-state index is 10.4. The van der Waals surface area contributed by atoms with Crippen LogP contribution in [-0.2, 0) is 37.3 Å². The van der Waals surface area contributed by atoms with Crippen molar-refractivity contribution in [2.75, 3.05) is 0 Å². The van der Waals surface area contributed by atoms with E-state index in [2.05, 4.69) is 0 Å². The SMILES string of the molecule is O=S(=O)([O-])c1cc(O)ccc1O.O=S(=O)([O-])c1cc(O)ccc1O.[Fe+2]. The maximum atomic E-state index is 10.4. The van der Waals surface area contributed by atoms with Crippen LogP contribution in [0.15, 0.2) is 46.2 Å². The van der Waals surface area contributed by atoms with E-state index in [1.54, 1.807) is 0 Å². The molecule has 0 aliphatic heterocycles. The smallest absolute Gasteiger partial charge is 0.744 e. The van der Waals surface area contributed by atoms with Crippen LogP contribution in [0, 0.1) is 0 Å². The summed E-state index contributed by atoms with van der Waals surface area (Å²) in [7, 11) is -9.43. The fourth-order valence-corrected chi connectivity index (χ4v) is 2.58. The first-order chi connectivity index (χ1) is 10.8. The van der Waals surface area contributed by atoms with E-state index < -0.39 is 41.5 Å². The largest absolute Gasteiger partial charge is 2.00 e. The van der Waals surface area contributed by atoms with E-state index in [9.17, 15) is 25.9 Å². The van der Waals surface area contributed by atoms with Gasteiger partial charge in [0.25, 0.3) is 0 Å². The molecule has 2 aromatic carbocycles. The van der Waals surface area contributed by atoms with Crippen molar-refractivity contribution in [1.29, 1.82) is 0 Å². The van der Waals surface area contributed by atoms with Gasteiger partial charge in [-0.1, -0.05) is 0 Å². The molecule has 13 heteroatoms. The summed E-state index contributed by atoms with van der Waals surface area (Å²) in [4.78, 5) is -1.63. The zero-order valence-corrected chi connectivity index (χ0v) is 14.6. The van der Waals surface area contributed by atoms with Crippen molar-refractivity contribution >= 4 is 20.2 Å². The second-order valence-corrected chi connectivity index (χ2v) is 6.91. The van der Waals surface area contributed by atoms with Crippen LogP contribution in [0.4, 0.5) is 0 Å². The summed E-state index contributed by atoms with van der Waals surface area (Å²) in [6.07, 6.45) is 0. The van der Waals surface area contributed by atoms with Crippen LogP contribution < -0.4 is 0 Å². The quantitative estimate of drug-likeness (QED) is 0.284. The molecule has 0 spiro atoms. The Morgan fingerprint density at radius 3 is 1.12 bits per heavy atom. The Morgan fingerprint density at radius 1 is 0.640 bits per heavy atom. The fraction of sp³-hybridized carbons (Fsp3) is 0. The molecule has 0 unspecified atom stereocenters. The minimum Gasteiger partial charge on any atom is -0.744 e. The molecule has 4 N–H and O–H groups in total. The van der Waals surface area contributed by atoms with Gasteiger partial charge in [0.15, 0.2) is 0 Å². The third-order valence-corrected chi connectivity index (χ3v) is 4.16. The minimum absolute atomic E-state index is 0. The molecule has 10 nitrogen and oxygen atoms in total. The van der Waals surface area contributed by atoms with Crippen molar-refractivity contribution in [2.45, 2.75) is 9.79 Å². The van der Waals surface area contributed by atoms with Gasteiger partial charge in [0.1, 0.15) is 43.2 Å². The van der Waals surface area contributed by atoms with Gasteiger partial charge in [-0.3, -0.25) is 0 Å². The van der Waals surface area contributed by atoms with Crippen molar-refractivity contribution in [1.82, 2.24) is 0 Å². The molecule has 2 aromatic rings. The van der Waals surface area contributed by atoms with Gasteiger partial charge in [-0.15, -0.1) is 0 Å². The topological polar surface area (TPSA) is 195 Å². The standard InChI is InChI=1S/2C6H6O5S.Fe/c2*7-4-1-2-5(8)6(3-4)12(9,10)11;/h2*1-3,7-8H,(H,9,10,11);/q;;+2/p-2. The first kappa shape index (κ1) is 23.0. The Morgan fingerprint density at radius 2 is 0.920 bits per heavy atom. The van der Waals surface area contributed by atoms with Gasteiger partial charge in [-0.05, 0) is 24.3 Å². The first-order valence-electron chi connectivity index (χ1n) is 5.78. The summed E-state index contributed by atoms with van der Waals surface area (Å²) < 4.78 is 62.3. The van der Waals surface area contributed by atoms with E-state index >= 15 is 0 Å². The average Bonchev–Trinajstić information content (AvgIpc) is 2.42. The Kier molecular flexibility index (Phi) is 7.70. The second kappa shape index (κ2) is 8.38. The van der Waals surface area contributed by atoms with E-state index in [-0.39, 0.29) is 28.6 Å². The summed E-state index contributed by atoms with van der Waals surface area (Å²) in [5, 5.41) is 35.3. The third kappa shape index (κ3) is 6.78. The predicted octanol–water partition coefficient (Wildman–Crippen LogP) is 0.00130. The molecule has 0 amide bonds. The van der Waals surface area contributed by atoms with E-state index in [4.69, 9.17) is 20.4 Å². The molecule has 0 aromatic heterocycles. The zero-order valence-electron chi connectivity index (χ0n) is 11.9. The number of rotatable bonds is 2. The molecule has 138 valence electrons. The van der Waals surface area contributed by atoms with Crippen LogP contribution in [0.5, 0.6) is 23.0 Å². The molecule has 25 heavy (non-hydrogen) atoms. The molecule has 0 bridgehead atoms. The summed E-state index contributed by atoms with van der Waals surface area (Å²) in [6.45, 7) is 0. The molecule has 0 atom stereocenters. The number of phenols is 4. The van der Waals surface area contributed by atoms with Crippen molar-refractivity contribution < 1.29 is 63.4 Å². The molecular formula is C12H10FeO10S2. The van der Waals surface area contributed by atoms with Gasteiger partial charge in [-0.2, -0.15) is 0 Å². The maximum Gasteiger partial charge on any atom is 2.00 e. The Bertz CT molecular complexity index is 874. The third-order valence-electron chi connectivity index (χ3n) is 2.43. The summed E-state index contributed by atoms with van der Waals surface area (Å²) in [5.41, 5.74) is 0. The van der Waals surface area contributed by atoms with Crippen LogP contribution in [0.2, 0.25) is 0 Å². The predicted molar refractivity (Wildman–Crippen MR) is 75.5 cm³/mol. The van der Waals surface area contributed by atoms with E-state index in [1.807, 2.05) is 0 Å². The number of aromatic hydroxyl groups is 4. The Hall–Kier alpha value is -2.02. The van der Waals surface area contributed by atoms with Gasteiger partial charge in [0.05, 0.1) is 9.79 Å². The van der Waals surface area contributed by atoms with E-state index in [1.165, 1.54) is 0 Å². The van der Waals surface area contributed by atoms with Crippen LogP contribution in [0.3, 0.4) is 0 Å². The molecule has 0 saturated heterocycles. The van der Waals surface area contributed by atoms with Gasteiger partial charge in [0, 0.05) is 12.1 Å². The van der Waals surface area contributed by atoms with E-state index in [0.29, 0.717) is 12.1 Å². The van der Waals surface area contributed by atoms with Gasteiger partial charge in [0.2, 0.25) is 0 Å². The normalized spacial score (nSPS) is 11.0. The summed E-state index contributed by atoms with van der Waals surface area (Å²) in [5.74, 6) is -2.10. The molecule has 0 fully saturated rings. The molecular weight excluding hydrogens is 424 g/mol. The van der Waals surface area contributed by atoms with Gasteiger partial charge in [-0.25, -0.2) is 16.8 Å². The number of hydrogen-bond donors (Lipinski definition) is 4. The molecule has 0 heterocycles. The second-order valence-electron chi connectivity index (χ2n) is 4.21. The zero-order chi connectivity index (χ0) is 18.7. The minimum atomic E-state index is -4.72. The van der Waals surface area contributed by atoms with Crippen LogP contribution in [-0.4, -0.2) is 46.4 Å². The van der Waals surface area contributed by atoms with Crippen molar-refractivity contribution in [3.05, 3.63) is 36.4 Å². The molecule has 2 rings (SSSR count). The monoisotopic (exact) mass is 434 g/mol. The van der Waals surface area contributed by atoms with Gasteiger partial charge >= 0.3 is 17.1 Å². The van der Waals surface area contributed by atoms with Crippen molar-refractivity contribution in [3.63, 3.8) is 0 Å². The van der Waals surface area contributed by atoms with Crippen molar-refractivity contribution in [3.8, 4) is 23.0 Å². The van der Waals surface area contributed by atoms with Crippen LogP contribution in [0.1, 0.15) is 0 Å².